The van der Waals surface area contributed by atoms with Crippen LogP contribution in [0.15, 0.2) is 44.6 Å². The normalized spacial score (nSPS) is 18.2. The Kier molecular flexibility index (Phi) is 5.36. The maximum Gasteiger partial charge on any atom is 0.286 e. The van der Waals surface area contributed by atoms with E-state index in [9.17, 15) is 14.9 Å². The number of morpholine rings is 1. The number of carbonyl (C=O) groups excluding carboxylic acids is 1. The first-order chi connectivity index (χ1) is 14.0. The molecule has 10 heteroatoms. The lowest BCUT2D eigenvalue weighted by Gasteiger charge is -2.27. The van der Waals surface area contributed by atoms with Gasteiger partial charge < -0.3 is 18.8 Å². The number of aliphatic imine (C=N–C) groups is 1. The van der Waals surface area contributed by atoms with Gasteiger partial charge in [-0.15, -0.1) is 0 Å². The Morgan fingerprint density at radius 2 is 2.07 bits per heavy atom. The topological polar surface area (TPSA) is 107 Å². The number of amidine groups is 1. The average molecular weight is 415 g/mol. The van der Waals surface area contributed by atoms with E-state index in [1.165, 1.54) is 31.0 Å². The molecule has 9 nitrogen and oxygen atoms in total. The third kappa shape index (κ3) is 4.03. The number of methoxy groups -OCH3 is 1. The molecule has 2 aliphatic heterocycles. The standard InChI is InChI=1S/C19H17N3O6S/c1-26-16-10-12(22(24)25)2-4-14(16)15-5-3-13(28-15)11-17-18(23)20-19(29-17)21-6-8-27-9-7-21/h2-5,10-11H,6-9H2,1H3/b17-11-. The summed E-state index contributed by atoms with van der Waals surface area (Å²) in [4.78, 5) is 29.3. The fourth-order valence-corrected chi connectivity index (χ4v) is 3.93. The van der Waals surface area contributed by atoms with E-state index in [1.807, 2.05) is 4.90 Å². The van der Waals surface area contributed by atoms with Gasteiger partial charge in [0.05, 0.1) is 41.8 Å². The van der Waals surface area contributed by atoms with Gasteiger partial charge in [-0.2, -0.15) is 4.99 Å². The van der Waals surface area contributed by atoms with Gasteiger partial charge in [0.25, 0.3) is 11.6 Å². The Balaban J connectivity index is 1.54. The Morgan fingerprint density at radius 1 is 1.28 bits per heavy atom. The number of nitro groups is 1. The lowest BCUT2D eigenvalue weighted by molar-refractivity contribution is -0.384. The van der Waals surface area contributed by atoms with Crippen molar-refractivity contribution in [3.63, 3.8) is 0 Å². The first kappa shape index (κ1) is 19.2. The number of amides is 1. The Morgan fingerprint density at radius 3 is 2.79 bits per heavy atom. The number of non-ortho nitro benzene ring substituents is 1. The number of nitrogens with zero attached hydrogens (tertiary/aromatic N) is 3. The molecule has 1 aromatic carbocycles. The van der Waals surface area contributed by atoms with Crippen LogP contribution in [0.4, 0.5) is 5.69 Å². The van der Waals surface area contributed by atoms with Crippen LogP contribution in [0.25, 0.3) is 17.4 Å². The predicted molar refractivity (Wildman–Crippen MR) is 108 cm³/mol. The number of carbonyl (C=O) groups is 1. The molecule has 2 aromatic rings. The minimum Gasteiger partial charge on any atom is -0.496 e. The van der Waals surface area contributed by atoms with Crippen LogP contribution in [0.5, 0.6) is 5.75 Å². The van der Waals surface area contributed by atoms with E-state index in [4.69, 9.17) is 13.9 Å². The SMILES string of the molecule is COc1cc([N+](=O)[O-])ccc1-c1ccc(/C=C2\SC(N3CCOCC3)=NC2=O)o1. The van der Waals surface area contributed by atoms with E-state index in [1.54, 1.807) is 24.3 Å². The maximum absolute atomic E-state index is 12.3. The maximum atomic E-state index is 12.3. The molecule has 0 N–H and O–H groups in total. The summed E-state index contributed by atoms with van der Waals surface area (Å²) in [5, 5.41) is 11.6. The van der Waals surface area contributed by atoms with Gasteiger partial charge in [-0.05, 0) is 30.0 Å². The van der Waals surface area contributed by atoms with Crippen LogP contribution in [0.1, 0.15) is 5.76 Å². The fraction of sp³-hybridized carbons (Fsp3) is 0.263. The molecule has 1 fully saturated rings. The van der Waals surface area contributed by atoms with E-state index < -0.39 is 4.92 Å². The minimum absolute atomic E-state index is 0.0692. The smallest absolute Gasteiger partial charge is 0.286 e. The summed E-state index contributed by atoms with van der Waals surface area (Å²) in [7, 11) is 1.44. The third-order valence-corrected chi connectivity index (χ3v) is 5.50. The lowest BCUT2D eigenvalue weighted by Crippen LogP contribution is -2.38. The predicted octanol–water partition coefficient (Wildman–Crippen LogP) is 3.17. The van der Waals surface area contributed by atoms with Crippen molar-refractivity contribution in [2.75, 3.05) is 33.4 Å². The Hall–Kier alpha value is -3.11. The molecule has 1 saturated heterocycles. The summed E-state index contributed by atoms with van der Waals surface area (Å²) in [6.45, 7) is 2.64. The third-order valence-electron chi connectivity index (χ3n) is 4.45. The molecule has 2 aliphatic rings. The van der Waals surface area contributed by atoms with Crippen LogP contribution in [-0.4, -0.2) is 54.3 Å². The van der Waals surface area contributed by atoms with Crippen molar-refractivity contribution >= 4 is 34.6 Å². The van der Waals surface area contributed by atoms with E-state index in [0.29, 0.717) is 59.2 Å². The number of thioether (sulfide) groups is 1. The highest BCUT2D eigenvalue weighted by Crippen LogP contribution is 2.36. The minimum atomic E-state index is -0.487. The highest BCUT2D eigenvalue weighted by Gasteiger charge is 2.27. The highest BCUT2D eigenvalue weighted by molar-refractivity contribution is 8.18. The van der Waals surface area contributed by atoms with Crippen LogP contribution in [0, 0.1) is 10.1 Å². The van der Waals surface area contributed by atoms with Crippen LogP contribution < -0.4 is 4.74 Å². The average Bonchev–Trinajstić information content (AvgIpc) is 3.35. The quantitative estimate of drug-likeness (QED) is 0.426. The molecule has 0 saturated carbocycles. The number of furan rings is 1. The Bertz CT molecular complexity index is 1020. The molecule has 0 atom stereocenters. The second-order valence-corrected chi connectivity index (χ2v) is 7.26. The van der Waals surface area contributed by atoms with Crippen LogP contribution >= 0.6 is 11.8 Å². The zero-order chi connectivity index (χ0) is 20.4. The summed E-state index contributed by atoms with van der Waals surface area (Å²) in [5.74, 6) is 0.988. The number of nitro benzene ring substituents is 1. The number of hydrogen-bond acceptors (Lipinski definition) is 8. The van der Waals surface area contributed by atoms with Crippen LogP contribution in [0.2, 0.25) is 0 Å². The molecule has 150 valence electrons. The molecular weight excluding hydrogens is 398 g/mol. The van der Waals surface area contributed by atoms with Crippen LogP contribution in [0.3, 0.4) is 0 Å². The molecule has 29 heavy (non-hydrogen) atoms. The summed E-state index contributed by atoms with van der Waals surface area (Å²) in [6, 6.07) is 7.75. The molecule has 3 heterocycles. The van der Waals surface area contributed by atoms with Gasteiger partial charge in [-0.25, -0.2) is 0 Å². The van der Waals surface area contributed by atoms with Crippen molar-refractivity contribution in [1.82, 2.24) is 4.90 Å². The molecule has 0 unspecified atom stereocenters. The summed E-state index contributed by atoms with van der Waals surface area (Å²) >= 11 is 1.31. The van der Waals surface area contributed by atoms with Crippen molar-refractivity contribution in [3.8, 4) is 17.1 Å². The zero-order valence-electron chi connectivity index (χ0n) is 15.5. The molecule has 0 spiro atoms. The second kappa shape index (κ2) is 8.10. The van der Waals surface area contributed by atoms with Crippen LogP contribution in [-0.2, 0) is 9.53 Å². The van der Waals surface area contributed by atoms with E-state index in [0.717, 1.165) is 0 Å². The number of rotatable bonds is 4. The van der Waals surface area contributed by atoms with Crippen molar-refractivity contribution < 1.29 is 23.6 Å². The molecule has 0 bridgehead atoms. The van der Waals surface area contributed by atoms with Gasteiger partial charge >= 0.3 is 0 Å². The van der Waals surface area contributed by atoms with Crippen molar-refractivity contribution in [2.45, 2.75) is 0 Å². The summed E-state index contributed by atoms with van der Waals surface area (Å²) in [6.07, 6.45) is 1.64. The van der Waals surface area contributed by atoms with Gasteiger partial charge in [-0.1, -0.05) is 0 Å². The van der Waals surface area contributed by atoms with Crippen molar-refractivity contribution in [3.05, 3.63) is 51.1 Å². The zero-order valence-corrected chi connectivity index (χ0v) is 16.3. The second-order valence-electron chi connectivity index (χ2n) is 6.25. The number of hydrogen-bond donors (Lipinski definition) is 0. The largest absolute Gasteiger partial charge is 0.496 e. The Labute approximate surface area is 170 Å². The first-order valence-corrected chi connectivity index (χ1v) is 9.64. The van der Waals surface area contributed by atoms with E-state index in [-0.39, 0.29) is 11.6 Å². The summed E-state index contributed by atoms with van der Waals surface area (Å²) < 4.78 is 16.4. The fourth-order valence-electron chi connectivity index (χ4n) is 2.99. The van der Waals surface area contributed by atoms with Gasteiger partial charge in [0.15, 0.2) is 5.17 Å². The number of ether oxygens (including phenoxy) is 2. The highest BCUT2D eigenvalue weighted by atomic mass is 32.2. The van der Waals surface area contributed by atoms with Crippen molar-refractivity contribution in [1.29, 1.82) is 0 Å². The van der Waals surface area contributed by atoms with Crippen molar-refractivity contribution in [2.24, 2.45) is 4.99 Å². The number of benzene rings is 1. The summed E-state index contributed by atoms with van der Waals surface area (Å²) in [5.41, 5.74) is 0.513. The molecule has 0 radical (unpaired) electrons. The van der Waals surface area contributed by atoms with Gasteiger partial charge in [0.1, 0.15) is 17.3 Å². The lowest BCUT2D eigenvalue weighted by atomic mass is 10.1. The van der Waals surface area contributed by atoms with Gasteiger partial charge in [-0.3, -0.25) is 14.9 Å². The molecule has 4 rings (SSSR count). The monoisotopic (exact) mass is 415 g/mol. The van der Waals surface area contributed by atoms with E-state index in [2.05, 4.69) is 4.99 Å². The molecular formula is C19H17N3O6S. The first-order valence-electron chi connectivity index (χ1n) is 8.83. The molecule has 1 amide bonds. The molecule has 1 aromatic heterocycles. The van der Waals surface area contributed by atoms with Gasteiger partial charge in [0.2, 0.25) is 0 Å². The molecule has 0 aliphatic carbocycles. The van der Waals surface area contributed by atoms with Gasteiger partial charge in [0, 0.05) is 25.2 Å². The van der Waals surface area contributed by atoms with E-state index >= 15 is 0 Å².